The van der Waals surface area contributed by atoms with Gasteiger partial charge in [0.15, 0.2) is 10.7 Å². The molecule has 0 radical (unpaired) electrons. The predicted octanol–water partition coefficient (Wildman–Crippen LogP) is 1.72. The first-order chi connectivity index (χ1) is 8.38. The number of hydrogen-bond acceptors (Lipinski definition) is 5. The number of aromatic nitrogens is 3. The van der Waals surface area contributed by atoms with E-state index in [1.54, 1.807) is 0 Å². The van der Waals surface area contributed by atoms with Crippen LogP contribution >= 0.6 is 11.3 Å². The number of amides is 1. The van der Waals surface area contributed by atoms with E-state index < -0.39 is 17.8 Å². The van der Waals surface area contributed by atoms with Crippen molar-refractivity contribution < 1.29 is 18.0 Å². The summed E-state index contributed by atoms with van der Waals surface area (Å²) in [5.74, 6) is -0.744. The van der Waals surface area contributed by atoms with Gasteiger partial charge in [-0.2, -0.15) is 13.2 Å². The van der Waals surface area contributed by atoms with Crippen molar-refractivity contribution in [2.24, 2.45) is 5.73 Å². The van der Waals surface area contributed by atoms with E-state index >= 15 is 0 Å². The van der Waals surface area contributed by atoms with E-state index in [9.17, 15) is 18.0 Å². The Kier molecular flexibility index (Phi) is 2.99. The van der Waals surface area contributed by atoms with Gasteiger partial charge in [-0.3, -0.25) is 9.78 Å². The minimum atomic E-state index is -4.57. The summed E-state index contributed by atoms with van der Waals surface area (Å²) in [6, 6.07) is 0. The number of primary amides is 1. The van der Waals surface area contributed by atoms with E-state index in [4.69, 9.17) is 5.73 Å². The number of carbonyl (C=O) groups excluding carboxylic acids is 1. The van der Waals surface area contributed by atoms with Crippen LogP contribution in [0.15, 0.2) is 18.6 Å². The van der Waals surface area contributed by atoms with Gasteiger partial charge in [-0.15, -0.1) is 11.3 Å². The number of carbonyl (C=O) groups is 1. The average Bonchev–Trinajstić information content (AvgIpc) is 2.77. The van der Waals surface area contributed by atoms with Crippen molar-refractivity contribution >= 4 is 17.2 Å². The van der Waals surface area contributed by atoms with Gasteiger partial charge in [0.1, 0.15) is 5.69 Å². The molecular formula is C9H5F3N4OS. The zero-order valence-electron chi connectivity index (χ0n) is 8.60. The number of nitrogens with zero attached hydrogens (tertiary/aromatic N) is 3. The molecular weight excluding hydrogens is 269 g/mol. The Balaban J connectivity index is 2.41. The maximum absolute atomic E-state index is 12.4. The number of rotatable bonds is 2. The van der Waals surface area contributed by atoms with Crippen LogP contribution in [0.1, 0.15) is 15.5 Å². The van der Waals surface area contributed by atoms with Gasteiger partial charge < -0.3 is 5.73 Å². The van der Waals surface area contributed by atoms with Crippen molar-refractivity contribution in [1.82, 2.24) is 15.0 Å². The lowest BCUT2D eigenvalue weighted by atomic mass is 10.3. The molecule has 94 valence electrons. The van der Waals surface area contributed by atoms with Crippen LogP contribution in [0.5, 0.6) is 0 Å². The Labute approximate surface area is 103 Å². The summed E-state index contributed by atoms with van der Waals surface area (Å²) >= 11 is 0.858. The largest absolute Gasteiger partial charge is 0.434 e. The Morgan fingerprint density at radius 3 is 2.56 bits per heavy atom. The summed E-state index contributed by atoms with van der Waals surface area (Å²) in [5, 5.41) is 0.00390. The highest BCUT2D eigenvalue weighted by Gasteiger charge is 2.33. The van der Waals surface area contributed by atoms with Crippen molar-refractivity contribution in [3.8, 4) is 10.6 Å². The van der Waals surface area contributed by atoms with Crippen molar-refractivity contribution in [2.75, 3.05) is 0 Å². The van der Waals surface area contributed by atoms with Gasteiger partial charge in [0.25, 0.3) is 5.91 Å². The summed E-state index contributed by atoms with van der Waals surface area (Å²) < 4.78 is 37.3. The molecule has 0 spiro atoms. The molecule has 0 fully saturated rings. The van der Waals surface area contributed by atoms with Gasteiger partial charge in [0.05, 0.1) is 17.3 Å². The number of nitrogens with two attached hydrogens (primary N) is 1. The van der Waals surface area contributed by atoms with Crippen LogP contribution in [0.4, 0.5) is 13.2 Å². The summed E-state index contributed by atoms with van der Waals surface area (Å²) in [7, 11) is 0. The zero-order chi connectivity index (χ0) is 13.3. The third kappa shape index (κ3) is 2.45. The van der Waals surface area contributed by atoms with Crippen LogP contribution < -0.4 is 5.73 Å². The fourth-order valence-electron chi connectivity index (χ4n) is 1.13. The average molecular weight is 274 g/mol. The lowest BCUT2D eigenvalue weighted by Crippen LogP contribution is -2.09. The Bertz CT molecular complexity index is 595. The lowest BCUT2D eigenvalue weighted by molar-refractivity contribution is -0.141. The Morgan fingerprint density at radius 1 is 1.28 bits per heavy atom. The molecule has 2 rings (SSSR count). The van der Waals surface area contributed by atoms with E-state index in [0.717, 1.165) is 17.5 Å². The van der Waals surface area contributed by atoms with Gasteiger partial charge in [-0.05, 0) is 0 Å². The standard InChI is InChI=1S/C9H5F3N4OS/c10-9(11,12)6-3-14-1-4(16-6)5-2-15-8(18-5)7(13)17/h1-3H,(H2,13,17). The Morgan fingerprint density at radius 2 is 2.00 bits per heavy atom. The molecule has 0 saturated heterocycles. The third-order valence-electron chi connectivity index (χ3n) is 1.89. The molecule has 0 aliphatic rings. The molecule has 2 heterocycles. The van der Waals surface area contributed by atoms with E-state index in [0.29, 0.717) is 11.1 Å². The van der Waals surface area contributed by atoms with Crippen LogP contribution in [-0.4, -0.2) is 20.9 Å². The normalized spacial score (nSPS) is 11.5. The maximum atomic E-state index is 12.4. The number of halogens is 3. The molecule has 2 N–H and O–H groups in total. The van der Waals surface area contributed by atoms with Crippen LogP contribution in [0.3, 0.4) is 0 Å². The highest BCUT2D eigenvalue weighted by molar-refractivity contribution is 7.16. The van der Waals surface area contributed by atoms with Gasteiger partial charge in [-0.1, -0.05) is 0 Å². The molecule has 2 aromatic rings. The topological polar surface area (TPSA) is 81.8 Å². The van der Waals surface area contributed by atoms with Crippen molar-refractivity contribution in [3.63, 3.8) is 0 Å². The first-order valence-corrected chi connectivity index (χ1v) is 5.35. The third-order valence-corrected chi connectivity index (χ3v) is 2.93. The second-order valence-corrected chi connectivity index (χ2v) is 4.21. The first kappa shape index (κ1) is 12.4. The molecule has 9 heteroatoms. The fraction of sp³-hybridized carbons (Fsp3) is 0.111. The zero-order valence-corrected chi connectivity index (χ0v) is 9.42. The fourth-order valence-corrected chi connectivity index (χ4v) is 1.85. The van der Waals surface area contributed by atoms with E-state index in [1.807, 2.05) is 0 Å². The number of thiazole rings is 1. The second kappa shape index (κ2) is 4.33. The lowest BCUT2D eigenvalue weighted by Gasteiger charge is -2.05. The highest BCUT2D eigenvalue weighted by Crippen LogP contribution is 2.30. The SMILES string of the molecule is NC(=O)c1ncc(-c2cncc(C(F)(F)F)n2)s1. The molecule has 1 amide bonds. The van der Waals surface area contributed by atoms with Gasteiger partial charge in [-0.25, -0.2) is 9.97 Å². The molecule has 0 bridgehead atoms. The number of hydrogen-bond donors (Lipinski definition) is 1. The minimum Gasteiger partial charge on any atom is -0.364 e. The highest BCUT2D eigenvalue weighted by atomic mass is 32.1. The summed E-state index contributed by atoms with van der Waals surface area (Å²) in [5.41, 5.74) is 3.89. The molecule has 0 aliphatic heterocycles. The predicted molar refractivity (Wildman–Crippen MR) is 56.7 cm³/mol. The molecule has 5 nitrogen and oxygen atoms in total. The maximum Gasteiger partial charge on any atom is 0.434 e. The van der Waals surface area contributed by atoms with E-state index in [2.05, 4.69) is 15.0 Å². The van der Waals surface area contributed by atoms with Gasteiger partial charge in [0.2, 0.25) is 0 Å². The summed E-state index contributed by atoms with van der Waals surface area (Å²) in [6.07, 6.45) is -1.55. The first-order valence-electron chi connectivity index (χ1n) is 4.53. The van der Waals surface area contributed by atoms with Gasteiger partial charge in [0, 0.05) is 6.20 Å². The van der Waals surface area contributed by atoms with Gasteiger partial charge >= 0.3 is 6.18 Å². The minimum absolute atomic E-state index is 0.00390. The molecule has 0 aromatic carbocycles. The molecule has 2 aromatic heterocycles. The van der Waals surface area contributed by atoms with E-state index in [-0.39, 0.29) is 10.7 Å². The van der Waals surface area contributed by atoms with Crippen molar-refractivity contribution in [1.29, 1.82) is 0 Å². The summed E-state index contributed by atoms with van der Waals surface area (Å²) in [4.78, 5) is 21.7. The van der Waals surface area contributed by atoms with Crippen LogP contribution in [-0.2, 0) is 6.18 Å². The quantitative estimate of drug-likeness (QED) is 0.903. The van der Waals surface area contributed by atoms with Crippen LogP contribution in [0.25, 0.3) is 10.6 Å². The smallest absolute Gasteiger partial charge is 0.364 e. The van der Waals surface area contributed by atoms with Crippen LogP contribution in [0, 0.1) is 0 Å². The molecule has 0 unspecified atom stereocenters. The van der Waals surface area contributed by atoms with Crippen molar-refractivity contribution in [2.45, 2.75) is 6.18 Å². The Hall–Kier alpha value is -2.03. The molecule has 0 aliphatic carbocycles. The second-order valence-electron chi connectivity index (χ2n) is 3.18. The monoisotopic (exact) mass is 274 g/mol. The number of alkyl halides is 3. The van der Waals surface area contributed by atoms with Crippen LogP contribution in [0.2, 0.25) is 0 Å². The molecule has 0 saturated carbocycles. The van der Waals surface area contributed by atoms with Crippen molar-refractivity contribution in [3.05, 3.63) is 29.3 Å². The molecule has 18 heavy (non-hydrogen) atoms. The molecule has 0 atom stereocenters. The van der Waals surface area contributed by atoms with E-state index in [1.165, 1.54) is 6.20 Å². The summed E-state index contributed by atoms with van der Waals surface area (Å²) in [6.45, 7) is 0.